The van der Waals surface area contributed by atoms with Gasteiger partial charge in [0.25, 0.3) is 0 Å². The first-order valence-electron chi connectivity index (χ1n) is 11.7. The van der Waals surface area contributed by atoms with E-state index in [1.165, 1.54) is 71.1 Å². The number of nitrogens with two attached hydrogens (primary N) is 2. The van der Waals surface area contributed by atoms with Gasteiger partial charge in [0.2, 0.25) is 0 Å². The van der Waals surface area contributed by atoms with Crippen LogP contribution in [0.1, 0.15) is 78.1 Å². The van der Waals surface area contributed by atoms with Gasteiger partial charge in [0.15, 0.2) is 0 Å². The molecule has 0 aliphatic carbocycles. The Labute approximate surface area is 183 Å². The maximum Gasteiger partial charge on any atom is 0.303 e. The summed E-state index contributed by atoms with van der Waals surface area (Å²) in [4.78, 5) is 18.7. The highest BCUT2D eigenvalue weighted by atomic mass is 16.4. The molecule has 2 aliphatic rings. The summed E-state index contributed by atoms with van der Waals surface area (Å²) in [5.74, 6) is 0.580. The molecule has 0 spiro atoms. The molecule has 30 heavy (non-hydrogen) atoms. The molecule has 2 heterocycles. The van der Waals surface area contributed by atoms with Crippen LogP contribution < -0.4 is 22.1 Å². The van der Waals surface area contributed by atoms with Gasteiger partial charge in [0, 0.05) is 12.8 Å². The largest absolute Gasteiger partial charge is 0.481 e. The molecule has 0 aromatic carbocycles. The second-order valence-corrected chi connectivity index (χ2v) is 7.74. The molecule has 8 N–H and O–H groups in total. The van der Waals surface area contributed by atoms with Crippen LogP contribution in [-0.2, 0) is 9.59 Å². The predicted molar refractivity (Wildman–Crippen MR) is 124 cm³/mol. The topological polar surface area (TPSA) is 151 Å². The number of nitrogens with one attached hydrogen (secondary N) is 2. The van der Waals surface area contributed by atoms with Crippen molar-refractivity contribution in [2.45, 2.75) is 78.1 Å². The fourth-order valence-corrected chi connectivity index (χ4v) is 3.15. The minimum absolute atomic E-state index is 0.222. The normalized spacial score (nSPS) is 16.7. The number of hydrogen-bond donors (Lipinski definition) is 6. The number of hydrogen-bond acceptors (Lipinski definition) is 6. The molecule has 2 rings (SSSR count). The van der Waals surface area contributed by atoms with Crippen LogP contribution in [0.3, 0.4) is 0 Å². The third-order valence-electron chi connectivity index (χ3n) is 5.16. The van der Waals surface area contributed by atoms with Crippen molar-refractivity contribution in [2.75, 3.05) is 39.3 Å². The Bertz CT molecular complexity index is 351. The second-order valence-electron chi connectivity index (χ2n) is 7.74. The monoisotopic (exact) mass is 432 g/mol. The van der Waals surface area contributed by atoms with Crippen LogP contribution in [-0.4, -0.2) is 61.4 Å². The van der Waals surface area contributed by atoms with Crippen molar-refractivity contribution in [3.05, 3.63) is 0 Å². The Morgan fingerprint density at radius 3 is 1.23 bits per heavy atom. The molecule has 0 bridgehead atoms. The lowest BCUT2D eigenvalue weighted by Crippen LogP contribution is -2.29. The first kappa shape index (κ1) is 31.0. The van der Waals surface area contributed by atoms with Crippen LogP contribution in [0.15, 0.2) is 0 Å². The van der Waals surface area contributed by atoms with Gasteiger partial charge in [-0.05, 0) is 83.2 Å². The van der Waals surface area contributed by atoms with Gasteiger partial charge in [-0.3, -0.25) is 9.59 Å². The number of carbonyl (C=O) groups is 2. The van der Waals surface area contributed by atoms with Crippen molar-refractivity contribution in [1.29, 1.82) is 0 Å². The highest BCUT2D eigenvalue weighted by Gasteiger charge is 2.15. The molecule has 0 radical (unpaired) electrons. The molecule has 0 amide bonds. The fourth-order valence-electron chi connectivity index (χ4n) is 3.15. The van der Waals surface area contributed by atoms with E-state index in [9.17, 15) is 9.59 Å². The fraction of sp³-hybridized carbons (Fsp3) is 0.909. The van der Waals surface area contributed by atoms with Crippen LogP contribution in [0, 0.1) is 11.8 Å². The average Bonchev–Trinajstić information content (AvgIpc) is 2.77. The highest BCUT2D eigenvalue weighted by molar-refractivity contribution is 5.66. The Kier molecular flexibility index (Phi) is 24.8. The summed E-state index contributed by atoms with van der Waals surface area (Å²) >= 11 is 0. The number of piperidine rings is 2. The zero-order valence-corrected chi connectivity index (χ0v) is 19.3. The van der Waals surface area contributed by atoms with Gasteiger partial charge in [-0.1, -0.05) is 33.1 Å². The summed E-state index contributed by atoms with van der Waals surface area (Å²) < 4.78 is 0. The first-order valence-corrected chi connectivity index (χ1v) is 11.7. The van der Waals surface area contributed by atoms with Crippen molar-refractivity contribution in [2.24, 2.45) is 23.3 Å². The molecule has 180 valence electrons. The third kappa shape index (κ3) is 24.8. The standard InChI is InChI=1S/C13H26N2.C3H10N2.2C3H6O2/c1(2-12-4-8-14-9-5-12)3-13-6-10-15-11-7-13;4-2-1-3-5;2*1-2-3(4)5/h12-15H,1-11H2;1-5H2;2*2H2,1H3,(H,4,5). The number of rotatable bonds is 8. The Hall–Kier alpha value is -1.22. The van der Waals surface area contributed by atoms with E-state index < -0.39 is 11.9 Å². The van der Waals surface area contributed by atoms with Gasteiger partial charge in [-0.2, -0.15) is 0 Å². The van der Waals surface area contributed by atoms with E-state index in [1.54, 1.807) is 13.8 Å². The summed E-state index contributed by atoms with van der Waals surface area (Å²) in [7, 11) is 0. The molecule has 8 nitrogen and oxygen atoms in total. The van der Waals surface area contributed by atoms with Crippen LogP contribution in [0.4, 0.5) is 0 Å². The van der Waals surface area contributed by atoms with Crippen molar-refractivity contribution >= 4 is 11.9 Å². The van der Waals surface area contributed by atoms with Gasteiger partial charge in [-0.15, -0.1) is 0 Å². The zero-order valence-electron chi connectivity index (χ0n) is 19.3. The van der Waals surface area contributed by atoms with Crippen molar-refractivity contribution in [1.82, 2.24) is 10.6 Å². The Morgan fingerprint density at radius 1 is 0.733 bits per heavy atom. The van der Waals surface area contributed by atoms with Crippen LogP contribution >= 0.6 is 0 Å². The zero-order chi connectivity index (χ0) is 23.0. The molecule has 0 aromatic heterocycles. The smallest absolute Gasteiger partial charge is 0.303 e. The molecule has 0 atom stereocenters. The van der Waals surface area contributed by atoms with E-state index in [0.717, 1.165) is 31.3 Å². The minimum atomic E-state index is -0.745. The van der Waals surface area contributed by atoms with E-state index in [1.807, 2.05) is 0 Å². The van der Waals surface area contributed by atoms with Crippen molar-refractivity contribution in [3.8, 4) is 0 Å². The second kappa shape index (κ2) is 24.1. The molecule has 0 aromatic rings. The molecule has 2 fully saturated rings. The van der Waals surface area contributed by atoms with E-state index >= 15 is 0 Å². The van der Waals surface area contributed by atoms with Crippen LogP contribution in [0.25, 0.3) is 0 Å². The first-order chi connectivity index (χ1) is 14.4. The predicted octanol–water partition coefficient (Wildman–Crippen LogP) is 2.41. The van der Waals surface area contributed by atoms with Gasteiger partial charge < -0.3 is 32.3 Å². The molecular weight excluding hydrogens is 384 g/mol. The molecule has 2 saturated heterocycles. The Morgan fingerprint density at radius 2 is 1.03 bits per heavy atom. The van der Waals surface area contributed by atoms with Gasteiger partial charge in [0.05, 0.1) is 0 Å². The number of aliphatic carboxylic acids is 2. The molecule has 2 aliphatic heterocycles. The average molecular weight is 433 g/mol. The van der Waals surface area contributed by atoms with Crippen molar-refractivity contribution in [3.63, 3.8) is 0 Å². The summed E-state index contributed by atoms with van der Waals surface area (Å²) in [5, 5.41) is 22.3. The highest BCUT2D eigenvalue weighted by Crippen LogP contribution is 2.23. The van der Waals surface area contributed by atoms with E-state index in [0.29, 0.717) is 0 Å². The summed E-state index contributed by atoms with van der Waals surface area (Å²) in [5.41, 5.74) is 10.1. The van der Waals surface area contributed by atoms with E-state index in [-0.39, 0.29) is 12.8 Å². The minimum Gasteiger partial charge on any atom is -0.481 e. The maximum absolute atomic E-state index is 9.37. The third-order valence-corrected chi connectivity index (χ3v) is 5.16. The maximum atomic E-state index is 9.37. The van der Waals surface area contributed by atoms with Gasteiger partial charge in [-0.25, -0.2) is 0 Å². The lowest BCUT2D eigenvalue weighted by atomic mass is 9.87. The SMILES string of the molecule is C(CC1CCNCC1)CC1CCNCC1.CCC(=O)O.CCC(=O)O.NCCCN. The van der Waals surface area contributed by atoms with Crippen LogP contribution in [0.5, 0.6) is 0 Å². The van der Waals surface area contributed by atoms with Crippen molar-refractivity contribution < 1.29 is 19.8 Å². The number of carboxylic acid groups (broad SMARTS) is 2. The molecule has 8 heteroatoms. The van der Waals surface area contributed by atoms with Crippen LogP contribution in [0.2, 0.25) is 0 Å². The lowest BCUT2D eigenvalue weighted by Gasteiger charge is -2.25. The van der Waals surface area contributed by atoms with E-state index in [2.05, 4.69) is 10.6 Å². The lowest BCUT2D eigenvalue weighted by molar-refractivity contribution is -0.137. The summed E-state index contributed by atoms with van der Waals surface area (Å²) in [6, 6.07) is 0. The molecule has 0 saturated carbocycles. The number of carboxylic acids is 2. The van der Waals surface area contributed by atoms with Gasteiger partial charge in [0.1, 0.15) is 0 Å². The molecular formula is C22H48N4O4. The van der Waals surface area contributed by atoms with E-state index in [4.69, 9.17) is 21.7 Å². The van der Waals surface area contributed by atoms with Gasteiger partial charge >= 0.3 is 11.9 Å². The summed E-state index contributed by atoms with van der Waals surface area (Å²) in [6.07, 6.45) is 11.5. The Balaban J connectivity index is 0. The molecule has 0 unspecified atom stereocenters. The quantitative estimate of drug-likeness (QED) is 0.342. The summed E-state index contributed by atoms with van der Waals surface area (Å²) in [6.45, 7) is 9.68.